The van der Waals surface area contributed by atoms with Crippen molar-refractivity contribution in [3.8, 4) is 0 Å². The smallest absolute Gasteiger partial charge is 0.286 e. The molecule has 0 unspecified atom stereocenters. The van der Waals surface area contributed by atoms with Gasteiger partial charge in [0.05, 0.1) is 6.04 Å². The van der Waals surface area contributed by atoms with Gasteiger partial charge in [-0.1, -0.05) is 59.9 Å². The van der Waals surface area contributed by atoms with Gasteiger partial charge in [-0.15, -0.1) is 10.2 Å². The summed E-state index contributed by atoms with van der Waals surface area (Å²) in [5, 5.41) is 14.6. The van der Waals surface area contributed by atoms with Gasteiger partial charge in [0.2, 0.25) is 10.9 Å². The number of benzene rings is 2. The second kappa shape index (κ2) is 9.05. The fourth-order valence-electron chi connectivity index (χ4n) is 2.51. The molecule has 3 rings (SSSR count). The molecule has 1 atom stereocenters. The number of aryl methyl sites for hydroxylation is 1. The van der Waals surface area contributed by atoms with E-state index in [1.807, 2.05) is 55.5 Å². The van der Waals surface area contributed by atoms with Gasteiger partial charge in [-0.2, -0.15) is 0 Å². The van der Waals surface area contributed by atoms with Gasteiger partial charge in [0, 0.05) is 18.5 Å². The first-order valence-electron chi connectivity index (χ1n) is 8.65. The van der Waals surface area contributed by atoms with Gasteiger partial charge >= 0.3 is 0 Å². The molecule has 0 aliphatic carbocycles. The van der Waals surface area contributed by atoms with Gasteiger partial charge in [0.25, 0.3) is 5.91 Å². The predicted octanol–water partition coefficient (Wildman–Crippen LogP) is 3.60. The third kappa shape index (κ3) is 5.46. The summed E-state index contributed by atoms with van der Waals surface area (Å²) in [6, 6.07) is 18.9. The Morgan fingerprint density at radius 2 is 1.67 bits per heavy atom. The summed E-state index contributed by atoms with van der Waals surface area (Å²) in [6.07, 6.45) is 0.746. The van der Waals surface area contributed by atoms with Gasteiger partial charge in [-0.05, 0) is 24.6 Å². The summed E-state index contributed by atoms with van der Waals surface area (Å²) < 4.78 is 0. The highest BCUT2D eigenvalue weighted by Crippen LogP contribution is 2.15. The Kier molecular flexibility index (Phi) is 6.27. The number of hydrogen-bond donors (Lipinski definition) is 2. The van der Waals surface area contributed by atoms with E-state index in [-0.39, 0.29) is 22.9 Å². The van der Waals surface area contributed by atoms with Crippen LogP contribution >= 0.6 is 11.3 Å². The Hall–Kier alpha value is -3.06. The molecule has 27 heavy (non-hydrogen) atoms. The van der Waals surface area contributed by atoms with Crippen LogP contribution in [0.15, 0.2) is 60.7 Å². The number of rotatable bonds is 7. The van der Waals surface area contributed by atoms with Crippen LogP contribution in [0.2, 0.25) is 0 Å². The van der Waals surface area contributed by atoms with Gasteiger partial charge < -0.3 is 10.6 Å². The van der Waals surface area contributed by atoms with Crippen LogP contribution in [0.1, 0.15) is 39.8 Å². The van der Waals surface area contributed by atoms with E-state index in [2.05, 4.69) is 20.8 Å². The average molecular weight is 380 g/mol. The largest absolute Gasteiger partial charge is 0.350 e. The fourth-order valence-corrected chi connectivity index (χ4v) is 3.25. The van der Waals surface area contributed by atoms with Crippen molar-refractivity contribution in [1.29, 1.82) is 0 Å². The highest BCUT2D eigenvalue weighted by atomic mass is 32.1. The van der Waals surface area contributed by atoms with Crippen molar-refractivity contribution in [1.82, 2.24) is 15.5 Å². The van der Waals surface area contributed by atoms with E-state index < -0.39 is 0 Å². The molecule has 0 aliphatic rings. The Morgan fingerprint density at radius 1 is 1.00 bits per heavy atom. The normalized spacial score (nSPS) is 11.6. The first kappa shape index (κ1) is 18.7. The summed E-state index contributed by atoms with van der Waals surface area (Å²) in [6.45, 7) is 1.95. The van der Waals surface area contributed by atoms with Crippen LogP contribution in [0.5, 0.6) is 0 Å². The van der Waals surface area contributed by atoms with Crippen molar-refractivity contribution in [3.63, 3.8) is 0 Å². The number of nitrogens with zero attached hydrogens (tertiary/aromatic N) is 2. The number of anilines is 1. The predicted molar refractivity (Wildman–Crippen MR) is 106 cm³/mol. The average Bonchev–Trinajstić information content (AvgIpc) is 3.17. The minimum absolute atomic E-state index is 0.0552. The van der Waals surface area contributed by atoms with Gasteiger partial charge in [0.1, 0.15) is 5.01 Å². The summed E-state index contributed by atoms with van der Waals surface area (Å²) in [5.41, 5.74) is 1.76. The molecule has 0 saturated heterocycles. The van der Waals surface area contributed by atoms with Crippen molar-refractivity contribution < 1.29 is 9.59 Å². The molecule has 0 spiro atoms. The van der Waals surface area contributed by atoms with Crippen LogP contribution < -0.4 is 10.6 Å². The zero-order chi connectivity index (χ0) is 19.1. The minimum atomic E-state index is -0.299. The van der Waals surface area contributed by atoms with Crippen molar-refractivity contribution in [2.75, 3.05) is 5.32 Å². The molecule has 2 N–H and O–H groups in total. The molecule has 7 heteroatoms. The molecule has 0 bridgehead atoms. The molecule has 0 radical (unpaired) electrons. The molecule has 0 fully saturated rings. The number of carbonyl (C=O) groups is 2. The first-order valence-corrected chi connectivity index (χ1v) is 9.46. The van der Waals surface area contributed by atoms with Crippen LogP contribution in [-0.2, 0) is 11.2 Å². The molecule has 2 amide bonds. The van der Waals surface area contributed by atoms with Crippen molar-refractivity contribution >= 4 is 28.8 Å². The maximum atomic E-state index is 12.2. The Labute approximate surface area is 161 Å². The highest BCUT2D eigenvalue weighted by molar-refractivity contribution is 7.13. The second-order valence-electron chi connectivity index (χ2n) is 6.02. The lowest BCUT2D eigenvalue weighted by molar-refractivity contribution is -0.121. The standard InChI is InChI=1S/C20H20N4O2S/c1-14(15-8-4-2-5-9-15)21-17(25)12-13-18-23-24-20(27-18)19(26)22-16-10-6-3-7-11-16/h2-11,14H,12-13H2,1H3,(H,21,25)(H,22,26)/t14-/m1/s1. The SMILES string of the molecule is C[C@@H](NC(=O)CCc1nnc(C(=O)Nc2ccccc2)s1)c1ccccc1. The maximum absolute atomic E-state index is 12.2. The second-order valence-corrected chi connectivity index (χ2v) is 7.08. The lowest BCUT2D eigenvalue weighted by Gasteiger charge is -2.13. The Balaban J connectivity index is 1.49. The minimum Gasteiger partial charge on any atom is -0.350 e. The number of para-hydroxylation sites is 1. The summed E-state index contributed by atoms with van der Waals surface area (Å²) in [7, 11) is 0. The third-order valence-electron chi connectivity index (χ3n) is 3.94. The van der Waals surface area contributed by atoms with Crippen LogP contribution in [-0.4, -0.2) is 22.0 Å². The fraction of sp³-hybridized carbons (Fsp3) is 0.200. The molecule has 0 saturated carbocycles. The molecule has 6 nitrogen and oxygen atoms in total. The van der Waals surface area contributed by atoms with Crippen LogP contribution in [0.4, 0.5) is 5.69 Å². The van der Waals surface area contributed by atoms with Crippen LogP contribution in [0.25, 0.3) is 0 Å². The summed E-state index contributed by atoms with van der Waals surface area (Å²) in [4.78, 5) is 24.3. The molecule has 1 heterocycles. The lowest BCUT2D eigenvalue weighted by atomic mass is 10.1. The van der Waals surface area contributed by atoms with Crippen molar-refractivity contribution in [3.05, 3.63) is 76.2 Å². The van der Waals surface area contributed by atoms with Gasteiger partial charge in [-0.25, -0.2) is 0 Å². The maximum Gasteiger partial charge on any atom is 0.286 e. The number of aromatic nitrogens is 2. The van der Waals surface area contributed by atoms with Crippen molar-refractivity contribution in [2.45, 2.75) is 25.8 Å². The van der Waals surface area contributed by atoms with E-state index in [9.17, 15) is 9.59 Å². The number of hydrogen-bond acceptors (Lipinski definition) is 5. The van der Waals surface area contributed by atoms with E-state index in [0.717, 1.165) is 5.56 Å². The summed E-state index contributed by atoms with van der Waals surface area (Å²) >= 11 is 1.20. The number of carbonyl (C=O) groups excluding carboxylic acids is 2. The quantitative estimate of drug-likeness (QED) is 0.656. The van der Waals surface area contributed by atoms with E-state index in [4.69, 9.17) is 0 Å². The molecule has 3 aromatic rings. The molecular weight excluding hydrogens is 360 g/mol. The van der Waals surface area contributed by atoms with Crippen molar-refractivity contribution in [2.24, 2.45) is 0 Å². The number of amides is 2. The molecule has 138 valence electrons. The highest BCUT2D eigenvalue weighted by Gasteiger charge is 2.15. The topological polar surface area (TPSA) is 84.0 Å². The monoisotopic (exact) mass is 380 g/mol. The lowest BCUT2D eigenvalue weighted by Crippen LogP contribution is -2.26. The van der Waals surface area contributed by atoms with Crippen LogP contribution in [0.3, 0.4) is 0 Å². The van der Waals surface area contributed by atoms with E-state index in [0.29, 0.717) is 23.5 Å². The Bertz CT molecular complexity index is 897. The molecule has 2 aromatic carbocycles. The van der Waals surface area contributed by atoms with E-state index in [1.54, 1.807) is 12.1 Å². The molecule has 0 aliphatic heterocycles. The number of nitrogens with one attached hydrogen (secondary N) is 2. The zero-order valence-corrected chi connectivity index (χ0v) is 15.7. The summed E-state index contributed by atoms with van der Waals surface area (Å²) in [5.74, 6) is -0.357. The first-order chi connectivity index (χ1) is 13.1. The van der Waals surface area contributed by atoms with E-state index >= 15 is 0 Å². The van der Waals surface area contributed by atoms with E-state index in [1.165, 1.54) is 11.3 Å². The third-order valence-corrected chi connectivity index (χ3v) is 4.92. The molecule has 1 aromatic heterocycles. The Morgan fingerprint density at radius 3 is 2.37 bits per heavy atom. The van der Waals surface area contributed by atoms with Gasteiger partial charge in [0.15, 0.2) is 0 Å². The molecular formula is C20H20N4O2S. The van der Waals surface area contributed by atoms with Gasteiger partial charge in [-0.3, -0.25) is 9.59 Å². The zero-order valence-electron chi connectivity index (χ0n) is 14.9. The van der Waals surface area contributed by atoms with Crippen LogP contribution in [0, 0.1) is 0 Å².